The van der Waals surface area contributed by atoms with Crippen molar-refractivity contribution in [3.8, 4) is 0 Å². The van der Waals surface area contributed by atoms with Crippen LogP contribution in [0.3, 0.4) is 0 Å². The van der Waals surface area contributed by atoms with Crippen molar-refractivity contribution >= 4 is 39.1 Å². The fourth-order valence-corrected chi connectivity index (χ4v) is 2.23. The first-order valence-electron chi connectivity index (χ1n) is 4.74. The van der Waals surface area contributed by atoms with E-state index in [9.17, 15) is 4.79 Å². The first-order valence-corrected chi connectivity index (χ1v) is 6.29. The van der Waals surface area contributed by atoms with Gasteiger partial charge in [0.15, 0.2) is 5.15 Å². The molecule has 2 aromatic rings. The quantitative estimate of drug-likeness (QED) is 0.844. The zero-order valence-electron chi connectivity index (χ0n) is 8.53. The Morgan fingerprint density at radius 3 is 2.53 bits per heavy atom. The van der Waals surface area contributed by atoms with Gasteiger partial charge in [0.2, 0.25) is 0 Å². The third-order valence-corrected chi connectivity index (χ3v) is 3.15. The highest BCUT2D eigenvalue weighted by molar-refractivity contribution is 9.10. The van der Waals surface area contributed by atoms with Crippen molar-refractivity contribution < 1.29 is 0 Å². The lowest BCUT2D eigenvalue weighted by Crippen LogP contribution is -2.23. The molecule has 3 nitrogen and oxygen atoms in total. The maximum Gasteiger partial charge on any atom is 0.281 e. The van der Waals surface area contributed by atoms with Crippen molar-refractivity contribution in [1.29, 1.82) is 0 Å². The van der Waals surface area contributed by atoms with E-state index in [1.165, 1.54) is 10.7 Å². The van der Waals surface area contributed by atoms with Gasteiger partial charge in [-0.15, -0.1) is 0 Å². The Balaban J connectivity index is 2.36. The van der Waals surface area contributed by atoms with E-state index in [-0.39, 0.29) is 10.7 Å². The lowest BCUT2D eigenvalue weighted by molar-refractivity contribution is 0.636. The molecule has 1 aromatic heterocycles. The minimum absolute atomic E-state index is 0.218. The molecule has 17 heavy (non-hydrogen) atoms. The van der Waals surface area contributed by atoms with Gasteiger partial charge in [0, 0.05) is 5.02 Å². The zero-order valence-corrected chi connectivity index (χ0v) is 11.6. The second-order valence-electron chi connectivity index (χ2n) is 3.40. The van der Waals surface area contributed by atoms with E-state index in [0.29, 0.717) is 16.0 Å². The molecular formula is C11H7BrCl2N2O. The van der Waals surface area contributed by atoms with Crippen LogP contribution in [0.4, 0.5) is 0 Å². The number of nitrogens with zero attached hydrogens (tertiary/aromatic N) is 2. The fourth-order valence-electron chi connectivity index (χ4n) is 1.35. The zero-order chi connectivity index (χ0) is 12.4. The molecule has 0 amide bonds. The number of halogens is 3. The van der Waals surface area contributed by atoms with Crippen LogP contribution in [0.25, 0.3) is 0 Å². The fraction of sp³-hybridized carbons (Fsp3) is 0.0909. The molecule has 0 saturated carbocycles. The molecule has 1 heterocycles. The molecule has 0 radical (unpaired) electrons. The van der Waals surface area contributed by atoms with Gasteiger partial charge in [-0.1, -0.05) is 35.3 Å². The van der Waals surface area contributed by atoms with Crippen molar-refractivity contribution in [2.75, 3.05) is 0 Å². The SMILES string of the molecule is O=c1c(Br)cc(Cl)nn1Cc1ccc(Cl)cc1. The number of hydrogen-bond acceptors (Lipinski definition) is 2. The van der Waals surface area contributed by atoms with E-state index < -0.39 is 0 Å². The van der Waals surface area contributed by atoms with Crippen molar-refractivity contribution in [2.45, 2.75) is 6.54 Å². The van der Waals surface area contributed by atoms with E-state index in [2.05, 4.69) is 21.0 Å². The summed E-state index contributed by atoms with van der Waals surface area (Å²) in [4.78, 5) is 11.8. The van der Waals surface area contributed by atoms with E-state index >= 15 is 0 Å². The van der Waals surface area contributed by atoms with Crippen LogP contribution in [-0.2, 0) is 6.54 Å². The molecule has 88 valence electrons. The van der Waals surface area contributed by atoms with Gasteiger partial charge in [0.1, 0.15) is 0 Å². The molecule has 0 saturated heterocycles. The summed E-state index contributed by atoms with van der Waals surface area (Å²) in [6, 6.07) is 8.68. The molecule has 1 aromatic carbocycles. The van der Waals surface area contributed by atoms with Crippen LogP contribution in [-0.4, -0.2) is 9.78 Å². The molecule has 0 atom stereocenters. The Labute approximate surface area is 116 Å². The van der Waals surface area contributed by atoms with Gasteiger partial charge in [-0.3, -0.25) is 4.79 Å². The topological polar surface area (TPSA) is 34.9 Å². The second-order valence-corrected chi connectivity index (χ2v) is 5.08. The van der Waals surface area contributed by atoms with Crippen LogP contribution < -0.4 is 5.56 Å². The van der Waals surface area contributed by atoms with Crippen LogP contribution in [0.2, 0.25) is 10.2 Å². The lowest BCUT2D eigenvalue weighted by Gasteiger charge is -2.05. The maximum absolute atomic E-state index is 11.8. The van der Waals surface area contributed by atoms with Crippen molar-refractivity contribution in [2.24, 2.45) is 0 Å². The summed E-state index contributed by atoms with van der Waals surface area (Å²) in [5.74, 6) is 0. The highest BCUT2D eigenvalue weighted by Gasteiger charge is 2.05. The monoisotopic (exact) mass is 332 g/mol. The van der Waals surface area contributed by atoms with E-state index in [4.69, 9.17) is 23.2 Å². The minimum Gasteiger partial charge on any atom is -0.266 e. The molecule has 0 fully saturated rings. The standard InChI is InChI=1S/C11H7BrCl2N2O/c12-9-5-10(14)15-16(11(9)17)6-7-1-3-8(13)4-2-7/h1-5H,6H2. The van der Waals surface area contributed by atoms with Gasteiger partial charge in [-0.2, -0.15) is 5.10 Å². The van der Waals surface area contributed by atoms with E-state index in [1.807, 2.05) is 12.1 Å². The molecule has 0 aliphatic heterocycles. The Morgan fingerprint density at radius 2 is 1.88 bits per heavy atom. The predicted molar refractivity (Wildman–Crippen MR) is 71.8 cm³/mol. The highest BCUT2D eigenvalue weighted by Crippen LogP contribution is 2.12. The average Bonchev–Trinajstić information content (AvgIpc) is 2.28. The normalized spacial score (nSPS) is 10.5. The van der Waals surface area contributed by atoms with Crippen LogP contribution in [0.1, 0.15) is 5.56 Å². The second kappa shape index (κ2) is 5.21. The van der Waals surface area contributed by atoms with Gasteiger partial charge in [-0.05, 0) is 39.7 Å². The van der Waals surface area contributed by atoms with Crippen LogP contribution in [0.15, 0.2) is 39.6 Å². The summed E-state index contributed by atoms with van der Waals surface area (Å²) in [5, 5.41) is 4.88. The molecule has 0 bridgehead atoms. The largest absolute Gasteiger partial charge is 0.281 e. The summed E-state index contributed by atoms with van der Waals surface area (Å²) in [7, 11) is 0. The maximum atomic E-state index is 11.8. The third kappa shape index (κ3) is 3.09. The van der Waals surface area contributed by atoms with Gasteiger partial charge >= 0.3 is 0 Å². The van der Waals surface area contributed by atoms with Crippen molar-refractivity contribution in [1.82, 2.24) is 9.78 Å². The predicted octanol–water partition coefficient (Wildman–Crippen LogP) is 3.36. The molecule has 0 spiro atoms. The van der Waals surface area contributed by atoms with Crippen LogP contribution in [0, 0.1) is 0 Å². The number of rotatable bonds is 2. The highest BCUT2D eigenvalue weighted by atomic mass is 79.9. The number of hydrogen-bond donors (Lipinski definition) is 0. The Hall–Kier alpha value is -0.840. The number of benzene rings is 1. The Kier molecular flexibility index (Phi) is 3.86. The molecule has 6 heteroatoms. The summed E-state index contributed by atoms with van der Waals surface area (Å²) in [6.45, 7) is 0.356. The summed E-state index contributed by atoms with van der Waals surface area (Å²) in [5.41, 5.74) is 0.711. The molecule has 0 N–H and O–H groups in total. The van der Waals surface area contributed by atoms with Crippen molar-refractivity contribution in [3.05, 3.63) is 60.9 Å². The van der Waals surface area contributed by atoms with Crippen LogP contribution in [0.5, 0.6) is 0 Å². The first-order chi connectivity index (χ1) is 8.06. The summed E-state index contributed by atoms with van der Waals surface area (Å²) in [6.07, 6.45) is 0. The summed E-state index contributed by atoms with van der Waals surface area (Å²) >= 11 is 14.7. The molecule has 0 unspecified atom stereocenters. The molecular weight excluding hydrogens is 327 g/mol. The van der Waals surface area contributed by atoms with Gasteiger partial charge in [0.25, 0.3) is 5.56 Å². The van der Waals surface area contributed by atoms with Gasteiger partial charge in [0.05, 0.1) is 11.0 Å². The smallest absolute Gasteiger partial charge is 0.266 e. The lowest BCUT2D eigenvalue weighted by atomic mass is 10.2. The minimum atomic E-state index is -0.218. The van der Waals surface area contributed by atoms with Gasteiger partial charge in [-0.25, -0.2) is 4.68 Å². The molecule has 0 aliphatic carbocycles. The first kappa shape index (κ1) is 12.6. The van der Waals surface area contributed by atoms with E-state index in [1.54, 1.807) is 12.1 Å². The molecule has 0 aliphatic rings. The average molecular weight is 334 g/mol. The number of aromatic nitrogens is 2. The van der Waals surface area contributed by atoms with Crippen molar-refractivity contribution in [3.63, 3.8) is 0 Å². The van der Waals surface area contributed by atoms with Gasteiger partial charge < -0.3 is 0 Å². The Morgan fingerprint density at radius 1 is 1.24 bits per heavy atom. The Bertz CT molecular complexity index is 595. The van der Waals surface area contributed by atoms with Crippen LogP contribution >= 0.6 is 39.1 Å². The van der Waals surface area contributed by atoms with E-state index in [0.717, 1.165) is 5.56 Å². The third-order valence-electron chi connectivity index (χ3n) is 2.15. The summed E-state index contributed by atoms with van der Waals surface area (Å²) < 4.78 is 1.70. The molecule has 2 rings (SSSR count).